The average Bonchev–Trinajstić information content (AvgIpc) is 3.06. The summed E-state index contributed by atoms with van der Waals surface area (Å²) < 4.78 is 0. The van der Waals surface area contributed by atoms with E-state index in [-0.39, 0.29) is 11.2 Å². The number of carboxylic acid groups (broad SMARTS) is 1. The molecule has 148 valence electrons. The third kappa shape index (κ3) is 4.15. The molecule has 2 aliphatic rings. The van der Waals surface area contributed by atoms with Gasteiger partial charge in [0.05, 0.1) is 0 Å². The second kappa shape index (κ2) is 7.95. The van der Waals surface area contributed by atoms with Gasteiger partial charge in [0.15, 0.2) is 0 Å². The van der Waals surface area contributed by atoms with Gasteiger partial charge in [-0.05, 0) is 54.4 Å². The number of unbranched alkanes of at least 4 members (excludes halogenated alkanes) is 3. The first-order valence-corrected chi connectivity index (χ1v) is 10.4. The third-order valence-electron chi connectivity index (χ3n) is 6.29. The summed E-state index contributed by atoms with van der Waals surface area (Å²) in [6.45, 7) is 7.70. The first kappa shape index (κ1) is 19.8. The molecule has 2 N–H and O–H groups in total. The summed E-state index contributed by atoms with van der Waals surface area (Å²) in [5.41, 5.74) is 3.64. The topological polar surface area (TPSA) is 60.8 Å². The predicted molar refractivity (Wildman–Crippen MR) is 110 cm³/mol. The number of anilines is 1. The highest BCUT2D eigenvalue weighted by Gasteiger charge is 2.36. The summed E-state index contributed by atoms with van der Waals surface area (Å²) in [6, 6.07) is 4.43. The Balaban J connectivity index is 1.98. The van der Waals surface area contributed by atoms with Crippen LogP contribution in [-0.2, 0) is 10.2 Å². The Bertz CT molecular complexity index is 735. The highest BCUT2D eigenvalue weighted by atomic mass is 16.4. The van der Waals surface area contributed by atoms with E-state index in [1.54, 1.807) is 0 Å². The van der Waals surface area contributed by atoms with Crippen molar-refractivity contribution >= 4 is 17.2 Å². The fourth-order valence-corrected chi connectivity index (χ4v) is 4.70. The van der Waals surface area contributed by atoms with Crippen LogP contribution in [-0.4, -0.2) is 28.8 Å². The van der Waals surface area contributed by atoms with Gasteiger partial charge in [0.2, 0.25) is 0 Å². The van der Waals surface area contributed by atoms with E-state index in [4.69, 9.17) is 0 Å². The van der Waals surface area contributed by atoms with Crippen molar-refractivity contribution in [3.63, 3.8) is 0 Å². The number of aromatic hydroxyl groups is 1. The van der Waals surface area contributed by atoms with E-state index in [2.05, 4.69) is 31.7 Å². The second-order valence-electron chi connectivity index (χ2n) is 8.79. The lowest BCUT2D eigenvalue weighted by Gasteiger charge is -2.37. The lowest BCUT2D eigenvalue weighted by atomic mass is 9.78. The lowest BCUT2D eigenvalue weighted by molar-refractivity contribution is -0.131. The molecular formula is C23H33NO3. The van der Waals surface area contributed by atoms with Crippen LogP contribution < -0.4 is 4.90 Å². The van der Waals surface area contributed by atoms with E-state index in [0.29, 0.717) is 12.5 Å². The molecule has 0 bridgehead atoms. The first-order chi connectivity index (χ1) is 12.8. The van der Waals surface area contributed by atoms with Gasteiger partial charge in [-0.25, -0.2) is 4.79 Å². The van der Waals surface area contributed by atoms with Crippen molar-refractivity contribution in [3.05, 3.63) is 29.3 Å². The summed E-state index contributed by atoms with van der Waals surface area (Å²) in [6.07, 6.45) is 10.2. The molecule has 0 spiro atoms. The maximum absolute atomic E-state index is 11.3. The molecule has 27 heavy (non-hydrogen) atoms. The van der Waals surface area contributed by atoms with Crippen LogP contribution in [0, 0.1) is 0 Å². The van der Waals surface area contributed by atoms with Gasteiger partial charge in [-0.15, -0.1) is 0 Å². The van der Waals surface area contributed by atoms with Gasteiger partial charge in [0, 0.05) is 29.9 Å². The zero-order valence-electron chi connectivity index (χ0n) is 16.9. The molecular weight excluding hydrogens is 338 g/mol. The van der Waals surface area contributed by atoms with E-state index in [1.165, 1.54) is 31.8 Å². The molecule has 4 heteroatoms. The Morgan fingerprint density at radius 3 is 2.78 bits per heavy atom. The summed E-state index contributed by atoms with van der Waals surface area (Å²) in [5.74, 6) is -0.718. The molecule has 0 aliphatic carbocycles. The van der Waals surface area contributed by atoms with Crippen LogP contribution in [0.5, 0.6) is 5.75 Å². The van der Waals surface area contributed by atoms with Gasteiger partial charge in [0.1, 0.15) is 5.75 Å². The van der Waals surface area contributed by atoms with Crippen LogP contribution in [0.15, 0.2) is 18.2 Å². The van der Waals surface area contributed by atoms with E-state index in [1.807, 2.05) is 6.07 Å². The molecule has 1 aromatic carbocycles. The Morgan fingerprint density at radius 2 is 2.07 bits per heavy atom. The normalized spacial score (nSPS) is 20.6. The molecule has 3 rings (SSSR count). The Hall–Kier alpha value is -1.97. The predicted octanol–water partition coefficient (Wildman–Crippen LogP) is 5.48. The van der Waals surface area contributed by atoms with Crippen LogP contribution in [0.2, 0.25) is 0 Å². The van der Waals surface area contributed by atoms with Crippen LogP contribution in [0.25, 0.3) is 5.57 Å². The van der Waals surface area contributed by atoms with Gasteiger partial charge in [-0.1, -0.05) is 46.5 Å². The fourth-order valence-electron chi connectivity index (χ4n) is 4.70. The number of carbonyl (C=O) groups is 1. The maximum Gasteiger partial charge on any atom is 0.328 e. The average molecular weight is 372 g/mol. The van der Waals surface area contributed by atoms with E-state index in [9.17, 15) is 15.0 Å². The second-order valence-corrected chi connectivity index (χ2v) is 8.79. The van der Waals surface area contributed by atoms with E-state index < -0.39 is 5.97 Å². The van der Waals surface area contributed by atoms with Crippen molar-refractivity contribution in [2.75, 3.05) is 11.4 Å². The Morgan fingerprint density at radius 1 is 1.30 bits per heavy atom. The number of phenolic OH excluding ortho intramolecular Hbond substituents is 1. The van der Waals surface area contributed by atoms with Crippen molar-refractivity contribution in [3.8, 4) is 5.75 Å². The van der Waals surface area contributed by atoms with Crippen molar-refractivity contribution in [1.29, 1.82) is 0 Å². The minimum absolute atomic E-state index is 0.0103. The highest BCUT2D eigenvalue weighted by molar-refractivity contribution is 5.95. The number of fused-ring (bicyclic) bond motifs is 3. The van der Waals surface area contributed by atoms with Crippen LogP contribution in [0.4, 0.5) is 5.69 Å². The monoisotopic (exact) mass is 371 g/mol. The zero-order chi connectivity index (χ0) is 19.6. The minimum atomic E-state index is -0.942. The van der Waals surface area contributed by atoms with Gasteiger partial charge in [-0.3, -0.25) is 0 Å². The standard InChI is InChI=1S/C23H33NO3/c1-4-5-6-7-10-23(2,3)17-14-19-22(20(25)15-17)16(13-21(26)27)12-18-9-8-11-24(18)19/h13-15,18,25H,4-12H2,1-3H3,(H,26,27). The number of rotatable bonds is 7. The first-order valence-electron chi connectivity index (χ1n) is 10.4. The molecule has 2 aliphatic heterocycles. The largest absolute Gasteiger partial charge is 0.507 e. The van der Waals surface area contributed by atoms with Crippen molar-refractivity contribution in [2.45, 2.75) is 83.6 Å². The summed E-state index contributed by atoms with van der Waals surface area (Å²) in [4.78, 5) is 13.7. The quantitative estimate of drug-likeness (QED) is 0.492. The number of nitrogens with zero attached hydrogens (tertiary/aromatic N) is 1. The van der Waals surface area contributed by atoms with Crippen molar-refractivity contribution in [2.24, 2.45) is 0 Å². The highest BCUT2D eigenvalue weighted by Crippen LogP contribution is 2.48. The fraction of sp³-hybridized carbons (Fsp3) is 0.609. The Labute approximate surface area is 162 Å². The SMILES string of the molecule is CCCCCCC(C)(C)c1cc(O)c2c(c1)N1CCCC1CC2=CC(=O)O. The van der Waals surface area contributed by atoms with Gasteiger partial charge in [-0.2, -0.15) is 0 Å². The molecule has 0 aromatic heterocycles. The summed E-state index contributed by atoms with van der Waals surface area (Å²) in [7, 11) is 0. The minimum Gasteiger partial charge on any atom is -0.507 e. The number of carboxylic acids is 1. The molecule has 2 heterocycles. The maximum atomic E-state index is 11.3. The molecule has 1 atom stereocenters. The third-order valence-corrected chi connectivity index (χ3v) is 6.29. The van der Waals surface area contributed by atoms with Gasteiger partial charge < -0.3 is 15.1 Å². The van der Waals surface area contributed by atoms with Crippen LogP contribution in [0.3, 0.4) is 0 Å². The van der Waals surface area contributed by atoms with Crippen molar-refractivity contribution in [1.82, 2.24) is 0 Å². The number of benzene rings is 1. The van der Waals surface area contributed by atoms with Crippen LogP contribution >= 0.6 is 0 Å². The Kier molecular flexibility index (Phi) is 5.83. The molecule has 1 aromatic rings. The van der Waals surface area contributed by atoms with Gasteiger partial charge in [0.25, 0.3) is 0 Å². The lowest BCUT2D eigenvalue weighted by Crippen LogP contribution is -2.34. The molecule has 1 fully saturated rings. The number of aliphatic carboxylic acids is 1. The number of hydrogen-bond donors (Lipinski definition) is 2. The molecule has 1 saturated heterocycles. The molecule has 1 unspecified atom stereocenters. The smallest absolute Gasteiger partial charge is 0.328 e. The van der Waals surface area contributed by atoms with Crippen LogP contribution in [0.1, 0.15) is 83.3 Å². The molecule has 4 nitrogen and oxygen atoms in total. The van der Waals surface area contributed by atoms with Gasteiger partial charge >= 0.3 is 5.97 Å². The number of phenols is 1. The van der Waals surface area contributed by atoms with Crippen molar-refractivity contribution < 1.29 is 15.0 Å². The summed E-state index contributed by atoms with van der Waals surface area (Å²) in [5, 5.41) is 20.1. The number of hydrogen-bond acceptors (Lipinski definition) is 3. The zero-order valence-corrected chi connectivity index (χ0v) is 16.9. The molecule has 0 radical (unpaired) electrons. The summed E-state index contributed by atoms with van der Waals surface area (Å²) >= 11 is 0. The molecule has 0 saturated carbocycles. The van der Waals surface area contributed by atoms with E-state index in [0.717, 1.165) is 48.2 Å². The molecule has 0 amide bonds. The van der Waals surface area contributed by atoms with E-state index >= 15 is 0 Å².